The summed E-state index contributed by atoms with van der Waals surface area (Å²) in [5.74, 6) is -0.707. The molecular weight excluding hydrogens is 280 g/mol. The van der Waals surface area contributed by atoms with Crippen molar-refractivity contribution in [3.63, 3.8) is 0 Å². The Morgan fingerprint density at radius 2 is 1.68 bits per heavy atom. The van der Waals surface area contributed by atoms with E-state index in [1.54, 1.807) is 18.2 Å². The van der Waals surface area contributed by atoms with Crippen molar-refractivity contribution in [1.82, 2.24) is 0 Å². The third-order valence-electron chi connectivity index (χ3n) is 3.97. The lowest BCUT2D eigenvalue weighted by molar-refractivity contribution is -0.133. The summed E-state index contributed by atoms with van der Waals surface area (Å²) in [4.78, 5) is 12.3. The molecule has 0 radical (unpaired) electrons. The van der Waals surface area contributed by atoms with E-state index in [-0.39, 0.29) is 17.2 Å². The van der Waals surface area contributed by atoms with Gasteiger partial charge < -0.3 is 14.9 Å². The van der Waals surface area contributed by atoms with E-state index < -0.39 is 11.9 Å². The van der Waals surface area contributed by atoms with Gasteiger partial charge in [-0.3, -0.25) is 4.79 Å². The highest BCUT2D eigenvalue weighted by Gasteiger charge is 2.38. The molecule has 108 valence electrons. The summed E-state index contributed by atoms with van der Waals surface area (Å²) in [6.07, 6.45) is 0. The first-order valence-electron chi connectivity index (χ1n) is 6.90. The fourth-order valence-electron chi connectivity index (χ4n) is 2.98. The molecule has 0 spiro atoms. The zero-order valence-electron chi connectivity index (χ0n) is 11.5. The number of phenols is 2. The quantitative estimate of drug-likeness (QED) is 0.533. The van der Waals surface area contributed by atoms with Gasteiger partial charge in [-0.2, -0.15) is 0 Å². The molecule has 1 heterocycles. The van der Waals surface area contributed by atoms with Gasteiger partial charge in [0.15, 0.2) is 11.5 Å². The molecule has 3 aromatic rings. The van der Waals surface area contributed by atoms with Gasteiger partial charge in [0, 0.05) is 5.56 Å². The largest absolute Gasteiger partial charge is 0.508 e. The van der Waals surface area contributed by atoms with Crippen molar-refractivity contribution in [2.75, 3.05) is 0 Å². The van der Waals surface area contributed by atoms with Gasteiger partial charge in [0.1, 0.15) is 11.7 Å². The first-order chi connectivity index (χ1) is 10.6. The molecule has 1 atom stereocenters. The van der Waals surface area contributed by atoms with E-state index in [1.807, 2.05) is 24.3 Å². The predicted molar refractivity (Wildman–Crippen MR) is 81.2 cm³/mol. The zero-order chi connectivity index (χ0) is 15.3. The Balaban J connectivity index is 2.01. The van der Waals surface area contributed by atoms with E-state index in [0.717, 1.165) is 16.3 Å². The van der Waals surface area contributed by atoms with Gasteiger partial charge in [0.05, 0.1) is 0 Å². The molecule has 3 aromatic carbocycles. The van der Waals surface area contributed by atoms with Crippen molar-refractivity contribution < 1.29 is 19.7 Å². The van der Waals surface area contributed by atoms with Crippen LogP contribution in [0.4, 0.5) is 0 Å². The standard InChI is InChI=1S/C18H12O4/c19-12-7-5-10(6-8-12)15-16-13-4-2-1-3-11(13)9-14(20)17(16)22-18(15)21/h1-9,15,19-20H. The van der Waals surface area contributed by atoms with Crippen molar-refractivity contribution in [3.05, 3.63) is 65.7 Å². The number of ether oxygens (including phenoxy) is 1. The summed E-state index contributed by atoms with van der Waals surface area (Å²) in [7, 11) is 0. The minimum absolute atomic E-state index is 0.0386. The predicted octanol–water partition coefficient (Wildman–Crippen LogP) is 3.30. The maximum Gasteiger partial charge on any atom is 0.323 e. The maximum absolute atomic E-state index is 12.3. The van der Waals surface area contributed by atoms with Gasteiger partial charge in [-0.15, -0.1) is 0 Å². The molecule has 1 unspecified atom stereocenters. The topological polar surface area (TPSA) is 66.8 Å². The Morgan fingerprint density at radius 3 is 2.45 bits per heavy atom. The first kappa shape index (κ1) is 12.7. The number of carbonyl (C=O) groups excluding carboxylic acids is 1. The Labute approximate surface area is 126 Å². The molecule has 0 saturated heterocycles. The Hall–Kier alpha value is -3.01. The lowest BCUT2D eigenvalue weighted by Crippen LogP contribution is -2.11. The summed E-state index contributed by atoms with van der Waals surface area (Å²) in [5, 5.41) is 21.3. The minimum Gasteiger partial charge on any atom is -0.508 e. The van der Waals surface area contributed by atoms with Crippen LogP contribution in [0.25, 0.3) is 10.8 Å². The van der Waals surface area contributed by atoms with Crippen LogP contribution in [0.3, 0.4) is 0 Å². The van der Waals surface area contributed by atoms with Gasteiger partial charge >= 0.3 is 5.97 Å². The van der Waals surface area contributed by atoms with Crippen molar-refractivity contribution in [3.8, 4) is 17.2 Å². The van der Waals surface area contributed by atoms with Crippen molar-refractivity contribution >= 4 is 16.7 Å². The van der Waals surface area contributed by atoms with Crippen molar-refractivity contribution in [1.29, 1.82) is 0 Å². The lowest BCUT2D eigenvalue weighted by atomic mass is 9.88. The average molecular weight is 292 g/mol. The van der Waals surface area contributed by atoms with Crippen molar-refractivity contribution in [2.45, 2.75) is 5.92 Å². The maximum atomic E-state index is 12.3. The summed E-state index contributed by atoms with van der Waals surface area (Å²) in [6.45, 7) is 0. The van der Waals surface area contributed by atoms with Gasteiger partial charge in [0.25, 0.3) is 0 Å². The van der Waals surface area contributed by atoms with Crippen LogP contribution < -0.4 is 4.74 Å². The SMILES string of the molecule is O=C1Oc2c(O)cc3ccccc3c2C1c1ccc(O)cc1. The van der Waals surface area contributed by atoms with E-state index >= 15 is 0 Å². The van der Waals surface area contributed by atoms with E-state index in [4.69, 9.17) is 4.74 Å². The van der Waals surface area contributed by atoms with E-state index in [0.29, 0.717) is 5.56 Å². The number of phenolic OH excluding ortho intramolecular Hbond substituents is 2. The Bertz CT molecular complexity index is 897. The average Bonchev–Trinajstić information content (AvgIpc) is 2.86. The zero-order valence-corrected chi connectivity index (χ0v) is 11.5. The summed E-state index contributed by atoms with van der Waals surface area (Å²) >= 11 is 0. The highest BCUT2D eigenvalue weighted by atomic mass is 16.5. The second-order valence-electron chi connectivity index (χ2n) is 5.31. The number of hydrogen-bond acceptors (Lipinski definition) is 4. The molecule has 1 aliphatic rings. The third kappa shape index (κ3) is 1.74. The molecule has 4 rings (SSSR count). The second-order valence-corrected chi connectivity index (χ2v) is 5.31. The van der Waals surface area contributed by atoms with Crippen LogP contribution in [0, 0.1) is 0 Å². The van der Waals surface area contributed by atoms with E-state index in [9.17, 15) is 15.0 Å². The van der Waals surface area contributed by atoms with Crippen LogP contribution in [0.1, 0.15) is 17.0 Å². The monoisotopic (exact) mass is 292 g/mol. The number of rotatable bonds is 1. The number of hydrogen-bond donors (Lipinski definition) is 2. The first-order valence-corrected chi connectivity index (χ1v) is 6.90. The van der Waals surface area contributed by atoms with Crippen LogP contribution in [0.15, 0.2) is 54.6 Å². The number of esters is 1. The van der Waals surface area contributed by atoms with E-state index in [2.05, 4.69) is 0 Å². The van der Waals surface area contributed by atoms with Gasteiger partial charge in [0.2, 0.25) is 0 Å². The highest BCUT2D eigenvalue weighted by Crippen LogP contribution is 2.48. The third-order valence-corrected chi connectivity index (χ3v) is 3.97. The molecule has 0 saturated carbocycles. The molecule has 4 nitrogen and oxygen atoms in total. The molecule has 0 bridgehead atoms. The molecule has 0 amide bonds. The highest BCUT2D eigenvalue weighted by molar-refractivity contribution is 6.01. The van der Waals surface area contributed by atoms with Crippen molar-refractivity contribution in [2.24, 2.45) is 0 Å². The number of benzene rings is 3. The molecule has 4 heteroatoms. The molecule has 2 N–H and O–H groups in total. The summed E-state index contributed by atoms with van der Waals surface area (Å²) in [6, 6.07) is 15.6. The van der Waals surface area contributed by atoms with Gasteiger partial charge in [-0.05, 0) is 34.5 Å². The molecule has 1 aliphatic heterocycles. The molecule has 0 aromatic heterocycles. The minimum atomic E-state index is -0.604. The molecule has 0 aliphatic carbocycles. The van der Waals surface area contributed by atoms with Crippen LogP contribution in [-0.2, 0) is 4.79 Å². The fourth-order valence-corrected chi connectivity index (χ4v) is 2.98. The van der Waals surface area contributed by atoms with E-state index in [1.165, 1.54) is 12.1 Å². The Morgan fingerprint density at radius 1 is 0.955 bits per heavy atom. The van der Waals surface area contributed by atoms with Crippen LogP contribution in [-0.4, -0.2) is 16.2 Å². The number of fused-ring (bicyclic) bond motifs is 3. The molecular formula is C18H12O4. The van der Waals surface area contributed by atoms with Gasteiger partial charge in [-0.1, -0.05) is 36.4 Å². The molecule has 0 fully saturated rings. The van der Waals surface area contributed by atoms with Crippen LogP contribution >= 0.6 is 0 Å². The lowest BCUT2D eigenvalue weighted by Gasteiger charge is -2.11. The summed E-state index contributed by atoms with van der Waals surface area (Å²) in [5.41, 5.74) is 1.39. The fraction of sp³-hybridized carbons (Fsp3) is 0.0556. The normalized spacial score (nSPS) is 16.5. The van der Waals surface area contributed by atoms with Gasteiger partial charge in [-0.25, -0.2) is 0 Å². The van der Waals surface area contributed by atoms with Crippen LogP contribution in [0.5, 0.6) is 17.2 Å². The number of aromatic hydroxyl groups is 2. The molecule has 22 heavy (non-hydrogen) atoms. The van der Waals surface area contributed by atoms with Crippen LogP contribution in [0.2, 0.25) is 0 Å². The second kappa shape index (κ2) is 4.49. The smallest absolute Gasteiger partial charge is 0.323 e. The Kier molecular flexibility index (Phi) is 2.60. The summed E-state index contributed by atoms with van der Waals surface area (Å²) < 4.78 is 5.29. The number of carbonyl (C=O) groups is 1.